The molecular weight excluding hydrogens is 432 g/mol. The van der Waals surface area contributed by atoms with Crippen LogP contribution in [0.3, 0.4) is 0 Å². The lowest BCUT2D eigenvalue weighted by Gasteiger charge is -2.11. The quantitative estimate of drug-likeness (QED) is 0.397. The van der Waals surface area contributed by atoms with Gasteiger partial charge in [-0.15, -0.1) is 0 Å². The molecule has 0 saturated heterocycles. The van der Waals surface area contributed by atoms with Gasteiger partial charge < -0.3 is 10.1 Å². The van der Waals surface area contributed by atoms with E-state index in [4.69, 9.17) is 4.74 Å². The summed E-state index contributed by atoms with van der Waals surface area (Å²) < 4.78 is 31.5. The second-order valence-electron chi connectivity index (χ2n) is 5.83. The van der Waals surface area contributed by atoms with Gasteiger partial charge in [-0.1, -0.05) is 41.7 Å². The van der Waals surface area contributed by atoms with Gasteiger partial charge in [-0.25, -0.2) is 9.78 Å². The Morgan fingerprint density at radius 1 is 1.13 bits per heavy atom. The minimum absolute atomic E-state index is 0.201. The summed E-state index contributed by atoms with van der Waals surface area (Å²) in [6.45, 7) is -0.499. The number of amides is 1. The third-order valence-corrected chi connectivity index (χ3v) is 5.21. The summed E-state index contributed by atoms with van der Waals surface area (Å²) in [5.74, 6) is -3.75. The third kappa shape index (κ3) is 5.61. The van der Waals surface area contributed by atoms with E-state index in [-0.39, 0.29) is 5.69 Å². The molecule has 0 saturated carbocycles. The van der Waals surface area contributed by atoms with E-state index >= 15 is 0 Å². The first-order chi connectivity index (χ1) is 14.5. The van der Waals surface area contributed by atoms with Gasteiger partial charge in [0.05, 0.1) is 6.20 Å². The van der Waals surface area contributed by atoms with E-state index in [0.717, 1.165) is 5.69 Å². The van der Waals surface area contributed by atoms with Crippen LogP contribution < -0.4 is 5.32 Å². The summed E-state index contributed by atoms with van der Waals surface area (Å²) >= 11 is 1.79. The lowest BCUT2D eigenvalue weighted by atomic mass is 10.3. The predicted octanol–water partition coefficient (Wildman–Crippen LogP) is 4.70. The largest absolute Gasteiger partial charge is 0.451 e. The molecule has 3 aromatic rings. The Bertz CT molecular complexity index is 1010. The highest BCUT2D eigenvalue weighted by Gasteiger charge is 2.20. The number of nitrogens with one attached hydrogen (secondary N) is 1. The van der Waals surface area contributed by atoms with Crippen LogP contribution in [0.1, 0.15) is 10.5 Å². The second-order valence-corrected chi connectivity index (χ2v) is 7.67. The van der Waals surface area contributed by atoms with Crippen LogP contribution in [0.4, 0.5) is 14.5 Å². The molecule has 1 aromatic heterocycles. The molecule has 1 amide bonds. The Morgan fingerprint density at radius 3 is 2.47 bits per heavy atom. The summed E-state index contributed by atoms with van der Waals surface area (Å²) in [7, 11) is 0. The number of halogens is 2. The molecule has 0 fully saturated rings. The lowest BCUT2D eigenvalue weighted by molar-refractivity contribution is -0.119. The van der Waals surface area contributed by atoms with E-state index in [1.54, 1.807) is 4.57 Å². The molecule has 6 nitrogen and oxygen atoms in total. The number of esters is 1. The van der Waals surface area contributed by atoms with Gasteiger partial charge in [0.2, 0.25) is 0 Å². The fraction of sp³-hybridized carbons (Fsp3) is 0.150. The van der Waals surface area contributed by atoms with Gasteiger partial charge in [0, 0.05) is 16.3 Å². The van der Waals surface area contributed by atoms with Crippen LogP contribution in [-0.4, -0.2) is 40.0 Å². The van der Waals surface area contributed by atoms with Crippen molar-refractivity contribution in [2.45, 2.75) is 15.8 Å². The first-order valence-electron chi connectivity index (χ1n) is 8.67. The van der Waals surface area contributed by atoms with Crippen LogP contribution >= 0.6 is 23.5 Å². The first kappa shape index (κ1) is 21.8. The minimum atomic E-state index is -2.51. The highest BCUT2D eigenvalue weighted by molar-refractivity contribution is 7.99. The first-order valence-corrected chi connectivity index (χ1v) is 10.8. The van der Waals surface area contributed by atoms with Gasteiger partial charge in [-0.05, 0) is 42.7 Å². The number of rotatable bonds is 8. The van der Waals surface area contributed by atoms with Crippen molar-refractivity contribution in [1.29, 1.82) is 0 Å². The number of anilines is 1. The Kier molecular flexibility index (Phi) is 7.47. The Balaban J connectivity index is 1.62. The highest BCUT2D eigenvalue weighted by atomic mass is 32.2. The van der Waals surface area contributed by atoms with Crippen molar-refractivity contribution in [2.24, 2.45) is 0 Å². The minimum Gasteiger partial charge on any atom is -0.451 e. The number of nitrogens with zero attached hydrogens (tertiary/aromatic N) is 2. The van der Waals surface area contributed by atoms with E-state index in [2.05, 4.69) is 10.3 Å². The van der Waals surface area contributed by atoms with E-state index in [9.17, 15) is 18.4 Å². The zero-order chi connectivity index (χ0) is 21.5. The summed E-state index contributed by atoms with van der Waals surface area (Å²) in [4.78, 5) is 29.2. The molecule has 0 aliphatic carbocycles. The van der Waals surface area contributed by atoms with Crippen molar-refractivity contribution in [3.05, 3.63) is 66.5 Å². The molecule has 0 aliphatic rings. The van der Waals surface area contributed by atoms with Crippen molar-refractivity contribution in [3.63, 3.8) is 0 Å². The molecule has 156 valence electrons. The number of thioether (sulfide) groups is 2. The van der Waals surface area contributed by atoms with Crippen molar-refractivity contribution in [1.82, 2.24) is 9.55 Å². The summed E-state index contributed by atoms with van der Waals surface area (Å²) in [5.41, 5.74) is 1.36. The third-order valence-electron chi connectivity index (χ3n) is 3.83. The van der Waals surface area contributed by atoms with Crippen LogP contribution in [0, 0.1) is 0 Å². The highest BCUT2D eigenvalue weighted by Crippen LogP contribution is 2.26. The van der Waals surface area contributed by atoms with E-state index in [1.165, 1.54) is 42.2 Å². The molecule has 0 bridgehead atoms. The predicted molar refractivity (Wildman–Crippen MR) is 113 cm³/mol. The number of aromatic nitrogens is 2. The number of carbonyl (C=O) groups excluding carboxylic acids is 2. The fourth-order valence-corrected chi connectivity index (χ4v) is 3.61. The van der Waals surface area contributed by atoms with Crippen LogP contribution in [0.2, 0.25) is 0 Å². The number of benzene rings is 2. The van der Waals surface area contributed by atoms with Crippen molar-refractivity contribution in [3.8, 4) is 5.69 Å². The average Bonchev–Trinajstić information content (AvgIpc) is 3.18. The Labute approximate surface area is 180 Å². The summed E-state index contributed by atoms with van der Waals surface area (Å²) in [6, 6.07) is 15.2. The molecule has 0 unspecified atom stereocenters. The molecule has 30 heavy (non-hydrogen) atoms. The average molecular weight is 450 g/mol. The maximum atomic E-state index is 12.5. The Hall–Kier alpha value is -2.85. The molecule has 0 radical (unpaired) electrons. The number of ether oxygens (including phenoxy) is 1. The SMILES string of the molecule is CSc1ncc(C(=O)OCC(=O)Nc2ccc(SC(F)F)cc2)n1-c1ccccc1. The van der Waals surface area contributed by atoms with Crippen LogP contribution in [0.15, 0.2) is 70.8 Å². The molecule has 0 atom stereocenters. The molecule has 2 aromatic carbocycles. The van der Waals surface area contributed by atoms with Crippen molar-refractivity contribution >= 4 is 41.1 Å². The van der Waals surface area contributed by atoms with E-state index in [0.29, 0.717) is 27.5 Å². The number of imidazole rings is 1. The second kappa shape index (κ2) is 10.3. The van der Waals surface area contributed by atoms with Crippen molar-refractivity contribution in [2.75, 3.05) is 18.2 Å². The van der Waals surface area contributed by atoms with Gasteiger partial charge in [-0.2, -0.15) is 8.78 Å². The molecule has 0 spiro atoms. The standard InChI is InChI=1S/C20H17F2N3O3S2/c1-29-20-23-11-16(25(20)14-5-3-2-4-6-14)18(27)28-12-17(26)24-13-7-9-15(10-8-13)30-19(21)22/h2-11,19H,12H2,1H3,(H,24,26). The zero-order valence-corrected chi connectivity index (χ0v) is 17.4. The molecule has 1 N–H and O–H groups in total. The molecule has 0 aliphatic heterocycles. The number of hydrogen-bond donors (Lipinski definition) is 1. The fourth-order valence-electron chi connectivity index (χ4n) is 2.57. The van der Waals surface area contributed by atoms with Crippen molar-refractivity contribution < 1.29 is 23.1 Å². The van der Waals surface area contributed by atoms with Gasteiger partial charge in [0.15, 0.2) is 17.5 Å². The van der Waals surface area contributed by atoms with Crippen LogP contribution in [0.25, 0.3) is 5.69 Å². The maximum absolute atomic E-state index is 12.5. The monoisotopic (exact) mass is 449 g/mol. The van der Waals surface area contributed by atoms with Gasteiger partial charge in [0.1, 0.15) is 0 Å². The molecule has 10 heteroatoms. The molecule has 3 rings (SSSR count). The lowest BCUT2D eigenvalue weighted by Crippen LogP contribution is -2.22. The Morgan fingerprint density at radius 2 is 1.83 bits per heavy atom. The summed E-state index contributed by atoms with van der Waals surface area (Å²) in [6.07, 6.45) is 3.24. The zero-order valence-electron chi connectivity index (χ0n) is 15.7. The topological polar surface area (TPSA) is 73.2 Å². The normalized spacial score (nSPS) is 10.8. The molecule has 1 heterocycles. The van der Waals surface area contributed by atoms with Gasteiger partial charge in [-0.3, -0.25) is 9.36 Å². The van der Waals surface area contributed by atoms with Gasteiger partial charge in [0.25, 0.3) is 11.7 Å². The maximum Gasteiger partial charge on any atom is 0.357 e. The van der Waals surface area contributed by atoms with E-state index < -0.39 is 24.2 Å². The summed E-state index contributed by atoms with van der Waals surface area (Å²) in [5, 5.41) is 3.16. The number of para-hydroxylation sites is 1. The number of alkyl halides is 2. The molecular formula is C20H17F2N3O3S2. The smallest absolute Gasteiger partial charge is 0.357 e. The van der Waals surface area contributed by atoms with Crippen LogP contribution in [0.5, 0.6) is 0 Å². The van der Waals surface area contributed by atoms with Crippen LogP contribution in [-0.2, 0) is 9.53 Å². The number of hydrogen-bond acceptors (Lipinski definition) is 6. The van der Waals surface area contributed by atoms with E-state index in [1.807, 2.05) is 36.6 Å². The number of carbonyl (C=O) groups is 2. The van der Waals surface area contributed by atoms with Gasteiger partial charge >= 0.3 is 5.97 Å².